The van der Waals surface area contributed by atoms with Gasteiger partial charge in [-0.1, -0.05) is 0 Å². The number of aryl methyl sites for hydroxylation is 1. The number of halogens is 3. The molecule has 2 N–H and O–H groups in total. The first-order chi connectivity index (χ1) is 7.79. The van der Waals surface area contributed by atoms with Crippen LogP contribution >= 0.6 is 0 Å². The van der Waals surface area contributed by atoms with Gasteiger partial charge in [0.05, 0.1) is 6.42 Å². The molecule has 1 aromatic heterocycles. The quantitative estimate of drug-likeness (QED) is 0.848. The maximum atomic E-state index is 11.8. The van der Waals surface area contributed by atoms with Crippen LogP contribution in [0.2, 0.25) is 0 Å². The van der Waals surface area contributed by atoms with Crippen molar-refractivity contribution in [2.45, 2.75) is 19.5 Å². The second kappa shape index (κ2) is 5.03. The third kappa shape index (κ3) is 4.29. The van der Waals surface area contributed by atoms with Crippen LogP contribution in [-0.2, 0) is 0 Å². The lowest BCUT2D eigenvalue weighted by Gasteiger charge is -2.07. The molecule has 94 valence electrons. The van der Waals surface area contributed by atoms with Crippen molar-refractivity contribution in [2.75, 3.05) is 6.54 Å². The van der Waals surface area contributed by atoms with Crippen LogP contribution in [0.4, 0.5) is 13.2 Å². The van der Waals surface area contributed by atoms with Gasteiger partial charge in [-0.15, -0.1) is 0 Å². The van der Waals surface area contributed by atoms with Gasteiger partial charge in [-0.3, -0.25) is 9.59 Å². The van der Waals surface area contributed by atoms with E-state index >= 15 is 0 Å². The third-order valence-corrected chi connectivity index (χ3v) is 2.00. The summed E-state index contributed by atoms with van der Waals surface area (Å²) in [6.07, 6.45) is -4.27. The lowest BCUT2D eigenvalue weighted by Crippen LogP contribution is -2.31. The molecule has 1 rings (SSSR count). The minimum atomic E-state index is -4.33. The number of rotatable bonds is 3. The van der Waals surface area contributed by atoms with E-state index in [1.807, 2.05) is 5.32 Å². The van der Waals surface area contributed by atoms with Crippen molar-refractivity contribution in [3.8, 4) is 0 Å². The normalized spacial score (nSPS) is 11.3. The van der Waals surface area contributed by atoms with Gasteiger partial charge >= 0.3 is 6.18 Å². The molecule has 0 atom stereocenters. The van der Waals surface area contributed by atoms with Crippen molar-refractivity contribution >= 4 is 5.91 Å². The summed E-state index contributed by atoms with van der Waals surface area (Å²) in [4.78, 5) is 25.3. The Morgan fingerprint density at radius 2 is 2.12 bits per heavy atom. The Bertz CT molecular complexity index is 465. The zero-order valence-electron chi connectivity index (χ0n) is 9.02. The summed E-state index contributed by atoms with van der Waals surface area (Å²) >= 11 is 0. The number of amides is 1. The van der Waals surface area contributed by atoms with E-state index < -0.39 is 30.5 Å². The number of aromatic amines is 1. The second-order valence-electron chi connectivity index (χ2n) is 3.52. The van der Waals surface area contributed by atoms with Crippen molar-refractivity contribution < 1.29 is 18.0 Å². The van der Waals surface area contributed by atoms with Gasteiger partial charge in [-0.05, 0) is 6.92 Å². The van der Waals surface area contributed by atoms with Crippen LogP contribution in [0.15, 0.2) is 17.1 Å². The van der Waals surface area contributed by atoms with Crippen LogP contribution in [-0.4, -0.2) is 23.6 Å². The average Bonchev–Trinajstić information content (AvgIpc) is 2.15. The van der Waals surface area contributed by atoms with Crippen LogP contribution in [0.1, 0.15) is 22.5 Å². The zero-order chi connectivity index (χ0) is 13.1. The Labute approximate surface area is 94.8 Å². The minimum Gasteiger partial charge on any atom is -0.364 e. The van der Waals surface area contributed by atoms with Gasteiger partial charge < -0.3 is 10.3 Å². The van der Waals surface area contributed by atoms with E-state index in [0.29, 0.717) is 5.69 Å². The van der Waals surface area contributed by atoms with E-state index in [-0.39, 0.29) is 5.56 Å². The Balaban J connectivity index is 2.62. The molecule has 7 heteroatoms. The van der Waals surface area contributed by atoms with Crippen molar-refractivity contribution in [1.29, 1.82) is 0 Å². The molecule has 4 nitrogen and oxygen atoms in total. The topological polar surface area (TPSA) is 62.0 Å². The number of aromatic nitrogens is 1. The van der Waals surface area contributed by atoms with Crippen LogP contribution < -0.4 is 10.7 Å². The smallest absolute Gasteiger partial charge is 0.364 e. The number of carbonyl (C=O) groups is 1. The summed E-state index contributed by atoms with van der Waals surface area (Å²) in [5.41, 5.74) is -0.148. The highest BCUT2D eigenvalue weighted by Crippen LogP contribution is 2.18. The molecule has 0 saturated heterocycles. The SMILES string of the molecule is Cc1cc(=O)c(C(=O)NCCC(F)(F)F)c[nH]1. The first kappa shape index (κ1) is 13.3. The van der Waals surface area contributed by atoms with Crippen LogP contribution in [0.25, 0.3) is 0 Å². The largest absolute Gasteiger partial charge is 0.390 e. The summed E-state index contributed by atoms with van der Waals surface area (Å²) < 4.78 is 35.5. The predicted molar refractivity (Wildman–Crippen MR) is 54.8 cm³/mol. The van der Waals surface area contributed by atoms with Gasteiger partial charge in [0.15, 0.2) is 5.43 Å². The maximum Gasteiger partial charge on any atom is 0.390 e. The fraction of sp³-hybridized carbons (Fsp3) is 0.400. The molecule has 17 heavy (non-hydrogen) atoms. The molecular formula is C10H11F3N2O2. The Hall–Kier alpha value is -1.79. The summed E-state index contributed by atoms with van der Waals surface area (Å²) in [7, 11) is 0. The minimum absolute atomic E-state index is 0.197. The molecular weight excluding hydrogens is 237 g/mol. The molecule has 0 unspecified atom stereocenters. The summed E-state index contributed by atoms with van der Waals surface area (Å²) in [6, 6.07) is 1.21. The summed E-state index contributed by atoms with van der Waals surface area (Å²) in [5, 5.41) is 2.04. The average molecular weight is 248 g/mol. The monoisotopic (exact) mass is 248 g/mol. The number of hydrogen-bond donors (Lipinski definition) is 2. The van der Waals surface area contributed by atoms with E-state index in [1.165, 1.54) is 12.3 Å². The fourth-order valence-electron chi connectivity index (χ4n) is 1.16. The molecule has 1 amide bonds. The van der Waals surface area contributed by atoms with Gasteiger partial charge in [0.2, 0.25) is 0 Å². The highest BCUT2D eigenvalue weighted by molar-refractivity contribution is 5.93. The van der Waals surface area contributed by atoms with Crippen molar-refractivity contribution in [1.82, 2.24) is 10.3 Å². The molecule has 0 radical (unpaired) electrons. The molecule has 0 spiro atoms. The maximum absolute atomic E-state index is 11.8. The molecule has 0 aliphatic rings. The van der Waals surface area contributed by atoms with Crippen LogP contribution in [0.5, 0.6) is 0 Å². The Kier molecular flexibility index (Phi) is 3.93. The molecule has 1 aromatic rings. The van der Waals surface area contributed by atoms with Crippen molar-refractivity contribution in [2.24, 2.45) is 0 Å². The molecule has 1 heterocycles. The van der Waals surface area contributed by atoms with E-state index in [4.69, 9.17) is 0 Å². The number of alkyl halides is 3. The van der Waals surface area contributed by atoms with Crippen LogP contribution in [0, 0.1) is 6.92 Å². The van der Waals surface area contributed by atoms with Gasteiger partial charge in [0.1, 0.15) is 5.56 Å². The second-order valence-corrected chi connectivity index (χ2v) is 3.52. The van der Waals surface area contributed by atoms with Gasteiger partial charge in [0, 0.05) is 24.5 Å². The molecule has 0 aliphatic heterocycles. The van der Waals surface area contributed by atoms with Gasteiger partial charge in [-0.25, -0.2) is 0 Å². The molecule has 0 aliphatic carbocycles. The molecule has 0 aromatic carbocycles. The number of carbonyl (C=O) groups excluding carboxylic acids is 1. The number of H-pyrrole nitrogens is 1. The number of nitrogens with one attached hydrogen (secondary N) is 2. The summed E-state index contributed by atoms with van der Waals surface area (Å²) in [5.74, 6) is -0.810. The van der Waals surface area contributed by atoms with E-state index in [0.717, 1.165) is 0 Å². The molecule has 0 bridgehead atoms. The molecule has 0 saturated carbocycles. The van der Waals surface area contributed by atoms with Gasteiger partial charge in [-0.2, -0.15) is 13.2 Å². The third-order valence-electron chi connectivity index (χ3n) is 2.00. The highest BCUT2D eigenvalue weighted by Gasteiger charge is 2.26. The summed E-state index contributed by atoms with van der Waals surface area (Å²) in [6.45, 7) is 1.09. The Morgan fingerprint density at radius 1 is 1.47 bits per heavy atom. The van der Waals surface area contributed by atoms with Crippen molar-refractivity contribution in [3.05, 3.63) is 33.7 Å². The van der Waals surface area contributed by atoms with E-state index in [1.54, 1.807) is 6.92 Å². The van der Waals surface area contributed by atoms with Crippen molar-refractivity contribution in [3.63, 3.8) is 0 Å². The predicted octanol–water partition coefficient (Wildman–Crippen LogP) is 1.37. The lowest BCUT2D eigenvalue weighted by molar-refractivity contribution is -0.132. The highest BCUT2D eigenvalue weighted by atomic mass is 19.4. The Morgan fingerprint density at radius 3 is 2.65 bits per heavy atom. The lowest BCUT2D eigenvalue weighted by atomic mass is 10.2. The van der Waals surface area contributed by atoms with E-state index in [2.05, 4.69) is 4.98 Å². The standard InChI is InChI=1S/C10H11F3N2O2/c1-6-4-8(16)7(5-15-6)9(17)14-3-2-10(11,12)13/h4-5H,2-3H2,1H3,(H,14,17)(H,15,16). The number of pyridine rings is 1. The zero-order valence-corrected chi connectivity index (χ0v) is 9.02. The molecule has 0 fully saturated rings. The van der Waals surface area contributed by atoms with Gasteiger partial charge in [0.25, 0.3) is 5.91 Å². The fourth-order valence-corrected chi connectivity index (χ4v) is 1.16. The van der Waals surface area contributed by atoms with E-state index in [9.17, 15) is 22.8 Å². The first-order valence-electron chi connectivity index (χ1n) is 4.84. The number of hydrogen-bond acceptors (Lipinski definition) is 2. The van der Waals surface area contributed by atoms with Crippen LogP contribution in [0.3, 0.4) is 0 Å². The first-order valence-corrected chi connectivity index (χ1v) is 4.84.